The van der Waals surface area contributed by atoms with Crippen LogP contribution in [0.15, 0.2) is 0 Å². The lowest BCUT2D eigenvalue weighted by Crippen LogP contribution is -2.16. The van der Waals surface area contributed by atoms with Gasteiger partial charge in [0.1, 0.15) is 0 Å². The van der Waals surface area contributed by atoms with E-state index < -0.39 is 0 Å². The highest BCUT2D eigenvalue weighted by Gasteiger charge is 2.09. The van der Waals surface area contributed by atoms with Crippen LogP contribution in [0.2, 0.25) is 0 Å². The zero-order valence-corrected chi connectivity index (χ0v) is 14.4. The van der Waals surface area contributed by atoms with E-state index in [1.54, 1.807) is 0 Å². The Bertz CT molecular complexity index is 214. The van der Waals surface area contributed by atoms with Crippen molar-refractivity contribution in [1.29, 1.82) is 0 Å². The van der Waals surface area contributed by atoms with Gasteiger partial charge in [0.2, 0.25) is 0 Å². The highest BCUT2D eigenvalue weighted by Crippen LogP contribution is 2.18. The predicted molar refractivity (Wildman–Crippen MR) is 85.2 cm³/mol. The molecule has 0 aromatic carbocycles. The first-order valence-corrected chi connectivity index (χ1v) is 8.16. The van der Waals surface area contributed by atoms with E-state index in [2.05, 4.69) is 25.5 Å². The minimum Gasteiger partial charge on any atom is -0.394 e. The van der Waals surface area contributed by atoms with Crippen molar-refractivity contribution >= 4 is 12.2 Å². The molecule has 0 bridgehead atoms. The molecule has 2 N–H and O–H groups in total. The molecule has 0 aliphatic rings. The summed E-state index contributed by atoms with van der Waals surface area (Å²) in [5.41, 5.74) is 0.312. The molecule has 0 aliphatic carbocycles. The van der Waals surface area contributed by atoms with Gasteiger partial charge in [0.25, 0.3) is 0 Å². The van der Waals surface area contributed by atoms with Gasteiger partial charge in [-0.25, -0.2) is 4.72 Å². The van der Waals surface area contributed by atoms with Gasteiger partial charge in [-0.15, -0.1) is 0 Å². The summed E-state index contributed by atoms with van der Waals surface area (Å²) in [4.78, 5) is 0. The van der Waals surface area contributed by atoms with Gasteiger partial charge < -0.3 is 23.5 Å². The second kappa shape index (κ2) is 15.0. The van der Waals surface area contributed by atoms with Crippen LogP contribution in [0, 0.1) is 5.41 Å². The first-order chi connectivity index (χ1) is 10.1. The van der Waals surface area contributed by atoms with Crippen molar-refractivity contribution in [3.8, 4) is 0 Å². The average Bonchev–Trinajstić information content (AvgIpc) is 2.42. The van der Waals surface area contributed by atoms with E-state index in [0.29, 0.717) is 45.1 Å². The summed E-state index contributed by atoms with van der Waals surface area (Å²) in [5.74, 6) is 0. The number of rotatable bonds is 15. The quantitative estimate of drug-likeness (QED) is 0.269. The maximum absolute atomic E-state index is 8.49. The number of nitrogens with one attached hydrogen (secondary N) is 1. The normalized spacial score (nSPS) is 12.0. The van der Waals surface area contributed by atoms with E-state index in [4.69, 9.17) is 23.5 Å². The summed E-state index contributed by atoms with van der Waals surface area (Å²) in [7, 11) is 0. The van der Waals surface area contributed by atoms with Crippen LogP contribution in [0.5, 0.6) is 0 Å². The average molecular weight is 325 g/mol. The molecule has 0 atom stereocenters. The molecule has 21 heavy (non-hydrogen) atoms. The van der Waals surface area contributed by atoms with Crippen molar-refractivity contribution in [3.63, 3.8) is 0 Å². The summed E-state index contributed by atoms with van der Waals surface area (Å²) in [6, 6.07) is 0. The Kier molecular flexibility index (Phi) is 15.1. The Labute approximate surface area is 133 Å². The van der Waals surface area contributed by atoms with E-state index in [1.807, 2.05) is 0 Å². The molecule has 128 valence electrons. The van der Waals surface area contributed by atoms with Crippen molar-refractivity contribution in [2.45, 2.75) is 27.2 Å². The van der Waals surface area contributed by atoms with Crippen LogP contribution in [-0.2, 0) is 18.4 Å². The topological polar surface area (TPSA) is 69.2 Å². The maximum Gasteiger partial charge on any atom is 0.0789 e. The van der Waals surface area contributed by atoms with Crippen LogP contribution < -0.4 is 4.72 Å². The molecule has 0 aromatic rings. The Morgan fingerprint density at radius 3 is 2.00 bits per heavy atom. The molecular weight excluding hydrogens is 294 g/mol. The van der Waals surface area contributed by atoms with Gasteiger partial charge in [-0.2, -0.15) is 0 Å². The van der Waals surface area contributed by atoms with Crippen LogP contribution in [0.3, 0.4) is 0 Å². The Morgan fingerprint density at radius 1 is 0.857 bits per heavy atom. The molecular formula is C14H31NO5S. The van der Waals surface area contributed by atoms with Crippen LogP contribution in [0.1, 0.15) is 27.2 Å². The van der Waals surface area contributed by atoms with Crippen LogP contribution in [0.25, 0.3) is 0 Å². The maximum atomic E-state index is 8.49. The fourth-order valence-corrected chi connectivity index (χ4v) is 1.61. The van der Waals surface area contributed by atoms with Crippen molar-refractivity contribution in [2.24, 2.45) is 5.41 Å². The zero-order valence-electron chi connectivity index (χ0n) is 13.6. The lowest BCUT2D eigenvalue weighted by atomic mass is 9.93. The standard InChI is InChI=1S/C14H31NO5S/c1-14(2,3)4-7-20-21-15-5-8-17-10-12-19-13-11-18-9-6-16/h15-16H,4-13H2,1-3H3. The number of hydrogen-bond donors (Lipinski definition) is 2. The zero-order chi connectivity index (χ0) is 15.8. The highest BCUT2D eigenvalue weighted by atomic mass is 32.2. The van der Waals surface area contributed by atoms with Gasteiger partial charge in [-0.05, 0) is 11.8 Å². The van der Waals surface area contributed by atoms with Gasteiger partial charge in [0, 0.05) is 6.54 Å². The number of aliphatic hydroxyl groups excluding tert-OH is 1. The van der Waals surface area contributed by atoms with Crippen LogP contribution in [0.4, 0.5) is 0 Å². The molecule has 0 spiro atoms. The van der Waals surface area contributed by atoms with Crippen molar-refractivity contribution in [1.82, 2.24) is 4.72 Å². The van der Waals surface area contributed by atoms with Gasteiger partial charge in [0.15, 0.2) is 0 Å². The van der Waals surface area contributed by atoms with E-state index in [9.17, 15) is 0 Å². The third kappa shape index (κ3) is 20.1. The number of hydrogen-bond acceptors (Lipinski definition) is 7. The Balaban J connectivity index is 3.00. The smallest absolute Gasteiger partial charge is 0.0789 e. The monoisotopic (exact) mass is 325 g/mol. The fraction of sp³-hybridized carbons (Fsp3) is 1.00. The minimum atomic E-state index is 0.0496. The van der Waals surface area contributed by atoms with E-state index in [-0.39, 0.29) is 6.61 Å². The second-order valence-corrected chi connectivity index (χ2v) is 6.36. The third-order valence-electron chi connectivity index (χ3n) is 2.38. The van der Waals surface area contributed by atoms with Crippen molar-refractivity contribution < 1.29 is 23.5 Å². The molecule has 0 rings (SSSR count). The molecule has 0 heterocycles. The molecule has 0 aliphatic heterocycles. The molecule has 0 radical (unpaired) electrons. The predicted octanol–water partition coefficient (Wildman–Crippen LogP) is 1.63. The van der Waals surface area contributed by atoms with E-state index in [0.717, 1.165) is 19.6 Å². The van der Waals surface area contributed by atoms with Gasteiger partial charge in [-0.3, -0.25) is 0 Å². The van der Waals surface area contributed by atoms with Crippen molar-refractivity contribution in [3.05, 3.63) is 0 Å². The molecule has 0 amide bonds. The summed E-state index contributed by atoms with van der Waals surface area (Å²) < 4.78 is 24.2. The molecule has 0 aromatic heterocycles. The highest BCUT2D eigenvalue weighted by molar-refractivity contribution is 7.92. The lowest BCUT2D eigenvalue weighted by Gasteiger charge is -2.17. The first kappa shape index (κ1) is 21.1. The summed E-state index contributed by atoms with van der Waals surface area (Å²) in [6.45, 7) is 11.3. The fourth-order valence-electron chi connectivity index (χ4n) is 1.19. The lowest BCUT2D eigenvalue weighted by molar-refractivity contribution is 0.00862. The summed E-state index contributed by atoms with van der Waals surface area (Å²) in [5, 5.41) is 8.49. The molecule has 6 nitrogen and oxygen atoms in total. The molecule has 0 saturated heterocycles. The molecule has 7 heteroatoms. The van der Waals surface area contributed by atoms with Gasteiger partial charge in [-0.1, -0.05) is 20.8 Å². The largest absolute Gasteiger partial charge is 0.394 e. The SMILES string of the molecule is CC(C)(C)CCOSNCCOCCOCCOCCO. The first-order valence-electron chi connectivity index (χ1n) is 7.41. The van der Waals surface area contributed by atoms with E-state index >= 15 is 0 Å². The van der Waals surface area contributed by atoms with Gasteiger partial charge >= 0.3 is 0 Å². The van der Waals surface area contributed by atoms with Crippen LogP contribution in [-0.4, -0.2) is 64.5 Å². The molecule has 0 saturated carbocycles. The minimum absolute atomic E-state index is 0.0496. The molecule has 0 unspecified atom stereocenters. The summed E-state index contributed by atoms with van der Waals surface area (Å²) >= 11 is 1.28. The second-order valence-electron chi connectivity index (χ2n) is 5.67. The number of aliphatic hydroxyl groups is 1. The van der Waals surface area contributed by atoms with Crippen LogP contribution >= 0.6 is 12.2 Å². The molecule has 0 fully saturated rings. The number of ether oxygens (including phenoxy) is 3. The Hall–Kier alpha value is 0.110. The van der Waals surface area contributed by atoms with Gasteiger partial charge in [0.05, 0.1) is 65.1 Å². The summed E-state index contributed by atoms with van der Waals surface area (Å²) in [6.07, 6.45) is 1.04. The van der Waals surface area contributed by atoms with E-state index in [1.165, 1.54) is 12.2 Å². The van der Waals surface area contributed by atoms with Crippen molar-refractivity contribution in [2.75, 3.05) is 59.4 Å². The Morgan fingerprint density at radius 2 is 1.43 bits per heavy atom. The third-order valence-corrected chi connectivity index (χ3v) is 2.99.